The van der Waals surface area contributed by atoms with Crippen LogP contribution in [0.2, 0.25) is 0 Å². The molecule has 4 fully saturated rings. The first-order chi connectivity index (χ1) is 9.82. The first kappa shape index (κ1) is 13.7. The van der Waals surface area contributed by atoms with Gasteiger partial charge in [-0.25, -0.2) is 4.79 Å². The highest BCUT2D eigenvalue weighted by Gasteiger charge is 2.78. The number of ether oxygens (including phenoxy) is 3. The highest BCUT2D eigenvalue weighted by molar-refractivity contribution is 5.88. The highest BCUT2D eigenvalue weighted by atomic mass is 16.7. The van der Waals surface area contributed by atoms with E-state index in [9.17, 15) is 14.7 Å². The number of carbonyl (C=O) groups excluding carboxylic acids is 2. The topological polar surface area (TPSA) is 82.1 Å². The quantitative estimate of drug-likeness (QED) is 0.646. The maximum atomic E-state index is 12.4. The fourth-order valence-electron chi connectivity index (χ4n) is 5.03. The van der Waals surface area contributed by atoms with Crippen LogP contribution in [0.4, 0.5) is 0 Å². The number of aliphatic hydroxyl groups excluding tert-OH is 1. The Morgan fingerprint density at radius 1 is 1.24 bits per heavy atom. The van der Waals surface area contributed by atoms with Crippen molar-refractivity contribution in [2.75, 3.05) is 6.61 Å². The number of Topliss-reactive ketones (excluding diaryl/α,β-unsaturated/α-hetero) is 1. The number of cyclic esters (lactones) is 1. The number of esters is 1. The largest absolute Gasteiger partial charge is 0.463 e. The van der Waals surface area contributed by atoms with Crippen molar-refractivity contribution in [3.63, 3.8) is 0 Å². The lowest BCUT2D eigenvalue weighted by Gasteiger charge is -2.45. The van der Waals surface area contributed by atoms with Crippen molar-refractivity contribution in [3.8, 4) is 0 Å². The van der Waals surface area contributed by atoms with Crippen molar-refractivity contribution in [2.45, 2.75) is 51.3 Å². The zero-order valence-corrected chi connectivity index (χ0v) is 12.4. The van der Waals surface area contributed by atoms with E-state index in [1.807, 2.05) is 6.92 Å². The van der Waals surface area contributed by atoms with Crippen LogP contribution in [0.15, 0.2) is 0 Å². The maximum absolute atomic E-state index is 12.4. The molecule has 0 amide bonds. The van der Waals surface area contributed by atoms with Gasteiger partial charge >= 0.3 is 5.97 Å². The van der Waals surface area contributed by atoms with Crippen LogP contribution in [-0.2, 0) is 23.8 Å². The lowest BCUT2D eigenvalue weighted by molar-refractivity contribution is -0.241. The number of aliphatic hydroxyl groups is 1. The van der Waals surface area contributed by atoms with E-state index in [-0.39, 0.29) is 29.6 Å². The zero-order chi connectivity index (χ0) is 15.2. The Morgan fingerprint density at radius 2 is 1.95 bits per heavy atom. The molecule has 0 aromatic rings. The summed E-state index contributed by atoms with van der Waals surface area (Å²) in [6.45, 7) is 5.79. The van der Waals surface area contributed by atoms with Crippen LogP contribution < -0.4 is 0 Å². The van der Waals surface area contributed by atoms with Gasteiger partial charge in [-0.3, -0.25) is 4.79 Å². The number of hydrogen-bond donors (Lipinski definition) is 1. The molecule has 116 valence electrons. The molecule has 4 aliphatic rings. The van der Waals surface area contributed by atoms with Gasteiger partial charge in [-0.1, -0.05) is 13.8 Å². The van der Waals surface area contributed by atoms with Gasteiger partial charge < -0.3 is 19.3 Å². The van der Waals surface area contributed by atoms with E-state index in [0.29, 0.717) is 13.0 Å². The van der Waals surface area contributed by atoms with Gasteiger partial charge in [0.2, 0.25) is 0 Å². The maximum Gasteiger partial charge on any atom is 0.335 e. The third-order valence-corrected chi connectivity index (χ3v) is 6.13. The predicted octanol–water partition coefficient (Wildman–Crippen LogP) is 0.265. The zero-order valence-electron chi connectivity index (χ0n) is 12.4. The van der Waals surface area contributed by atoms with E-state index in [1.54, 1.807) is 13.8 Å². The molecule has 1 N–H and O–H groups in total. The number of rotatable bonds is 0. The number of hydrogen-bond acceptors (Lipinski definition) is 6. The smallest absolute Gasteiger partial charge is 0.335 e. The second-order valence-corrected chi connectivity index (χ2v) is 7.11. The summed E-state index contributed by atoms with van der Waals surface area (Å²) in [4.78, 5) is 24.5. The summed E-state index contributed by atoms with van der Waals surface area (Å²) < 4.78 is 17.1. The molecule has 3 saturated heterocycles. The van der Waals surface area contributed by atoms with Crippen LogP contribution >= 0.6 is 0 Å². The molecule has 1 aliphatic carbocycles. The molecule has 0 aromatic carbocycles. The van der Waals surface area contributed by atoms with Crippen molar-refractivity contribution < 1.29 is 28.9 Å². The third kappa shape index (κ3) is 1.34. The summed E-state index contributed by atoms with van der Waals surface area (Å²) in [6.07, 6.45) is -1.61. The molecule has 1 spiro atoms. The Balaban J connectivity index is 1.87. The second kappa shape index (κ2) is 3.86. The van der Waals surface area contributed by atoms with Gasteiger partial charge in [-0.2, -0.15) is 0 Å². The monoisotopic (exact) mass is 296 g/mol. The van der Waals surface area contributed by atoms with E-state index < -0.39 is 29.4 Å². The van der Waals surface area contributed by atoms with E-state index in [4.69, 9.17) is 14.2 Å². The minimum absolute atomic E-state index is 0.0210. The molecule has 1 saturated carbocycles. The molecule has 0 aromatic heterocycles. The summed E-state index contributed by atoms with van der Waals surface area (Å²) in [7, 11) is 0. The standard InChI is InChI=1S/C15H20O6/c1-6-5-19-13(18)11-9(6)15-4-8(20-14(15,3)21-11)7(2)10(16)12(15)17/h6-9,11-12,17H,4-5H2,1-3H3/t6-,7+,8+,9+,11+,12+,14-,15+/m1/s1. The Labute approximate surface area is 122 Å². The van der Waals surface area contributed by atoms with Crippen molar-refractivity contribution >= 4 is 11.8 Å². The summed E-state index contributed by atoms with van der Waals surface area (Å²) >= 11 is 0. The molecule has 6 nitrogen and oxygen atoms in total. The molecule has 8 atom stereocenters. The van der Waals surface area contributed by atoms with Gasteiger partial charge in [0.15, 0.2) is 17.7 Å². The van der Waals surface area contributed by atoms with E-state index in [0.717, 1.165) is 0 Å². The molecule has 3 aliphatic heterocycles. The fraction of sp³-hybridized carbons (Fsp3) is 0.867. The molecule has 6 heteroatoms. The average molecular weight is 296 g/mol. The minimum atomic E-state index is -1.15. The van der Waals surface area contributed by atoms with Crippen molar-refractivity contribution in [2.24, 2.45) is 23.2 Å². The third-order valence-electron chi connectivity index (χ3n) is 6.13. The van der Waals surface area contributed by atoms with Gasteiger partial charge in [-0.05, 0) is 19.3 Å². The molecular formula is C15H20O6. The summed E-state index contributed by atoms with van der Waals surface area (Å²) in [6, 6.07) is 0. The van der Waals surface area contributed by atoms with Crippen LogP contribution in [0.3, 0.4) is 0 Å². The van der Waals surface area contributed by atoms with Gasteiger partial charge in [0.25, 0.3) is 0 Å². The van der Waals surface area contributed by atoms with Crippen molar-refractivity contribution in [1.82, 2.24) is 0 Å². The Hall–Kier alpha value is -0.980. The fourth-order valence-corrected chi connectivity index (χ4v) is 5.03. The molecule has 2 bridgehead atoms. The first-order valence-electron chi connectivity index (χ1n) is 7.56. The molecular weight excluding hydrogens is 276 g/mol. The first-order valence-corrected chi connectivity index (χ1v) is 7.56. The Kier molecular flexibility index (Phi) is 2.51. The number of fused-ring (bicyclic) bond motifs is 2. The predicted molar refractivity (Wildman–Crippen MR) is 69.0 cm³/mol. The van der Waals surface area contributed by atoms with Gasteiger partial charge in [0, 0.05) is 11.8 Å². The van der Waals surface area contributed by atoms with Crippen LogP contribution in [-0.4, -0.2) is 47.6 Å². The van der Waals surface area contributed by atoms with E-state index in [2.05, 4.69) is 0 Å². The summed E-state index contributed by atoms with van der Waals surface area (Å²) in [5, 5.41) is 10.7. The average Bonchev–Trinajstić information content (AvgIpc) is 2.84. The summed E-state index contributed by atoms with van der Waals surface area (Å²) in [5.41, 5.74) is -0.842. The normalized spacial score (nSPS) is 58.7. The van der Waals surface area contributed by atoms with Gasteiger partial charge in [0.05, 0.1) is 18.1 Å². The van der Waals surface area contributed by atoms with E-state index in [1.165, 1.54) is 0 Å². The van der Waals surface area contributed by atoms with Crippen LogP contribution in [0.5, 0.6) is 0 Å². The number of carbonyl (C=O) groups is 2. The van der Waals surface area contributed by atoms with Crippen molar-refractivity contribution in [3.05, 3.63) is 0 Å². The molecule has 3 heterocycles. The molecule has 4 rings (SSSR count). The minimum Gasteiger partial charge on any atom is -0.463 e. The van der Waals surface area contributed by atoms with Crippen molar-refractivity contribution in [1.29, 1.82) is 0 Å². The lowest BCUT2D eigenvalue weighted by Crippen LogP contribution is -2.59. The lowest BCUT2D eigenvalue weighted by atomic mass is 9.56. The molecule has 0 unspecified atom stereocenters. The van der Waals surface area contributed by atoms with Gasteiger partial charge in [0.1, 0.15) is 6.10 Å². The van der Waals surface area contributed by atoms with Crippen LogP contribution in [0.25, 0.3) is 0 Å². The highest BCUT2D eigenvalue weighted by Crippen LogP contribution is 2.66. The molecule has 0 radical (unpaired) electrons. The number of ketones is 1. The summed E-state index contributed by atoms with van der Waals surface area (Å²) in [5.74, 6) is -2.30. The Bertz CT molecular complexity index is 532. The van der Waals surface area contributed by atoms with Crippen LogP contribution in [0, 0.1) is 23.2 Å². The Morgan fingerprint density at radius 3 is 2.67 bits per heavy atom. The second-order valence-electron chi connectivity index (χ2n) is 7.11. The molecule has 21 heavy (non-hydrogen) atoms. The van der Waals surface area contributed by atoms with Gasteiger partial charge in [-0.15, -0.1) is 0 Å². The SMILES string of the molecule is C[C@@H]1COC(=O)[C@H]2O[C@@]3(C)O[C@H]4C[C@]3([C@@H]12)[C@@H](O)C(=O)[C@H]4C. The van der Waals surface area contributed by atoms with Crippen LogP contribution in [0.1, 0.15) is 27.2 Å². The van der Waals surface area contributed by atoms with E-state index >= 15 is 0 Å².